The van der Waals surface area contributed by atoms with Crippen molar-refractivity contribution >= 4 is 6.09 Å². The van der Waals surface area contributed by atoms with Gasteiger partial charge >= 0.3 is 6.09 Å². The second-order valence-corrected chi connectivity index (χ2v) is 8.82. The number of amides is 1. The van der Waals surface area contributed by atoms with Crippen molar-refractivity contribution in [2.45, 2.75) is 57.5 Å². The van der Waals surface area contributed by atoms with E-state index in [0.717, 1.165) is 32.1 Å². The van der Waals surface area contributed by atoms with Crippen LogP contribution in [0, 0.1) is 17.3 Å². The molecule has 142 valence electrons. The summed E-state index contributed by atoms with van der Waals surface area (Å²) in [6, 6.07) is 5.92. The molecule has 1 amide bonds. The van der Waals surface area contributed by atoms with Gasteiger partial charge in [0.15, 0.2) is 0 Å². The fraction of sp³-hybridized carbons (Fsp3) is 0.667. The van der Waals surface area contributed by atoms with E-state index in [2.05, 4.69) is 18.4 Å². The minimum absolute atomic E-state index is 0.00890. The molecule has 2 fully saturated rings. The van der Waals surface area contributed by atoms with Crippen LogP contribution in [0.25, 0.3) is 0 Å². The highest BCUT2D eigenvalue weighted by Crippen LogP contribution is 2.61. The maximum absolute atomic E-state index is 12.1. The number of ether oxygens (including phenoxy) is 1. The van der Waals surface area contributed by atoms with E-state index >= 15 is 0 Å². The lowest BCUT2D eigenvalue weighted by Crippen LogP contribution is -2.47. The zero-order chi connectivity index (χ0) is 18.5. The molecule has 0 radical (unpaired) electrons. The molecule has 4 rings (SSSR count). The molecule has 0 spiro atoms. The van der Waals surface area contributed by atoms with Gasteiger partial charge in [-0.05, 0) is 79.5 Å². The van der Waals surface area contributed by atoms with Crippen LogP contribution in [0.1, 0.15) is 56.1 Å². The number of carbonyl (C=O) groups excluding carboxylic acids is 1. The fourth-order valence-electron chi connectivity index (χ4n) is 6.05. The van der Waals surface area contributed by atoms with Crippen LogP contribution < -0.4 is 5.43 Å². The number of hydrazine groups is 1. The van der Waals surface area contributed by atoms with Gasteiger partial charge < -0.3 is 9.84 Å². The van der Waals surface area contributed by atoms with Crippen LogP contribution in [0.3, 0.4) is 0 Å². The lowest BCUT2D eigenvalue weighted by atomic mass is 9.55. The lowest BCUT2D eigenvalue weighted by molar-refractivity contribution is -0.0350. The zero-order valence-electron chi connectivity index (χ0n) is 16.0. The number of rotatable bonds is 2. The first-order valence-corrected chi connectivity index (χ1v) is 9.85. The Kier molecular flexibility index (Phi) is 4.38. The van der Waals surface area contributed by atoms with E-state index in [1.165, 1.54) is 17.5 Å². The number of hydrogen-bond acceptors (Lipinski definition) is 4. The molecule has 0 aliphatic heterocycles. The quantitative estimate of drug-likeness (QED) is 0.789. The molecule has 3 aliphatic carbocycles. The molecule has 5 atom stereocenters. The van der Waals surface area contributed by atoms with E-state index < -0.39 is 0 Å². The number of nitrogens with zero attached hydrogens (tertiary/aromatic N) is 1. The number of phenolic OH excluding ortho intramolecular Hbond substituents is 1. The molecule has 3 aliphatic rings. The Morgan fingerprint density at radius 2 is 2.08 bits per heavy atom. The normalized spacial score (nSPS) is 35.4. The average molecular weight is 358 g/mol. The maximum Gasteiger partial charge on any atom is 0.422 e. The van der Waals surface area contributed by atoms with E-state index in [-0.39, 0.29) is 17.6 Å². The molecule has 1 aromatic carbocycles. The smallest absolute Gasteiger partial charge is 0.422 e. The zero-order valence-corrected chi connectivity index (χ0v) is 16.0. The molecule has 3 unspecified atom stereocenters. The van der Waals surface area contributed by atoms with Crippen molar-refractivity contribution in [3.8, 4) is 5.75 Å². The summed E-state index contributed by atoms with van der Waals surface area (Å²) in [7, 11) is 3.59. The van der Waals surface area contributed by atoms with Gasteiger partial charge in [-0.1, -0.05) is 13.0 Å². The predicted octanol–water partition coefficient (Wildman–Crippen LogP) is 3.82. The van der Waals surface area contributed by atoms with Crippen molar-refractivity contribution in [3.63, 3.8) is 0 Å². The number of phenols is 1. The summed E-state index contributed by atoms with van der Waals surface area (Å²) >= 11 is 0. The second-order valence-electron chi connectivity index (χ2n) is 8.82. The summed E-state index contributed by atoms with van der Waals surface area (Å²) in [6.45, 7) is 2.33. The largest absolute Gasteiger partial charge is 0.508 e. The van der Waals surface area contributed by atoms with E-state index in [9.17, 15) is 9.90 Å². The Morgan fingerprint density at radius 1 is 1.27 bits per heavy atom. The van der Waals surface area contributed by atoms with E-state index in [1.54, 1.807) is 19.1 Å². The minimum atomic E-state index is -0.339. The van der Waals surface area contributed by atoms with Crippen LogP contribution in [-0.2, 0) is 11.2 Å². The van der Waals surface area contributed by atoms with Crippen molar-refractivity contribution in [1.82, 2.24) is 10.4 Å². The van der Waals surface area contributed by atoms with Gasteiger partial charge in [0.25, 0.3) is 0 Å². The highest BCUT2D eigenvalue weighted by atomic mass is 16.6. The number of nitrogens with one attached hydrogen (secondary N) is 1. The summed E-state index contributed by atoms with van der Waals surface area (Å²) in [6.07, 6.45) is 6.24. The third kappa shape index (κ3) is 2.86. The first-order chi connectivity index (χ1) is 12.4. The minimum Gasteiger partial charge on any atom is -0.508 e. The fourth-order valence-corrected chi connectivity index (χ4v) is 6.05. The van der Waals surface area contributed by atoms with Crippen molar-refractivity contribution in [1.29, 1.82) is 0 Å². The topological polar surface area (TPSA) is 61.8 Å². The van der Waals surface area contributed by atoms with Crippen LogP contribution in [0.2, 0.25) is 0 Å². The molecule has 26 heavy (non-hydrogen) atoms. The van der Waals surface area contributed by atoms with Crippen molar-refractivity contribution in [2.24, 2.45) is 17.3 Å². The Balaban J connectivity index is 1.53. The predicted molar refractivity (Wildman–Crippen MR) is 99.8 cm³/mol. The average Bonchev–Trinajstić information content (AvgIpc) is 2.90. The summed E-state index contributed by atoms with van der Waals surface area (Å²) in [5.41, 5.74) is 5.55. The van der Waals surface area contributed by atoms with Crippen molar-refractivity contribution < 1.29 is 14.6 Å². The summed E-state index contributed by atoms with van der Waals surface area (Å²) in [5.74, 6) is 2.24. The highest BCUT2D eigenvalue weighted by molar-refractivity contribution is 5.66. The van der Waals surface area contributed by atoms with Gasteiger partial charge in [-0.25, -0.2) is 9.80 Å². The third-order valence-electron chi connectivity index (χ3n) is 7.19. The van der Waals surface area contributed by atoms with Crippen molar-refractivity contribution in [2.75, 3.05) is 14.1 Å². The first kappa shape index (κ1) is 17.7. The number of aromatic hydroxyl groups is 1. The van der Waals surface area contributed by atoms with Gasteiger partial charge in [0.1, 0.15) is 11.9 Å². The Hall–Kier alpha value is -1.75. The van der Waals surface area contributed by atoms with Gasteiger partial charge in [0.2, 0.25) is 0 Å². The lowest BCUT2D eigenvalue weighted by Gasteiger charge is -2.50. The Morgan fingerprint density at radius 3 is 2.85 bits per heavy atom. The number of carbonyl (C=O) groups is 1. The molecule has 2 saturated carbocycles. The van der Waals surface area contributed by atoms with Crippen molar-refractivity contribution in [3.05, 3.63) is 29.3 Å². The Labute approximate surface area is 155 Å². The maximum atomic E-state index is 12.1. The first-order valence-electron chi connectivity index (χ1n) is 9.85. The van der Waals surface area contributed by atoms with Gasteiger partial charge in [-0.3, -0.25) is 5.43 Å². The molecule has 5 nitrogen and oxygen atoms in total. The van der Waals surface area contributed by atoms with Crippen LogP contribution in [-0.4, -0.2) is 36.4 Å². The van der Waals surface area contributed by atoms with Gasteiger partial charge in [-0.2, -0.15) is 0 Å². The molecule has 0 aromatic heterocycles. The molecule has 0 saturated heterocycles. The Bertz CT molecular complexity index is 704. The van der Waals surface area contributed by atoms with E-state index in [1.807, 2.05) is 12.1 Å². The summed E-state index contributed by atoms with van der Waals surface area (Å²) in [4.78, 5) is 12.1. The molecule has 5 heteroatoms. The SMILES string of the molecule is CN(C)NC(=O)O[C@H]1CCC2C3CCc4cc(O)ccc4C3CC[C@@]21C. The number of benzene rings is 1. The van der Waals surface area contributed by atoms with E-state index in [4.69, 9.17) is 4.74 Å². The number of fused-ring (bicyclic) bond motifs is 5. The highest BCUT2D eigenvalue weighted by Gasteiger charge is 2.56. The molecule has 0 heterocycles. The standard InChI is InChI=1S/C21H30N2O3/c1-21-11-10-16-15-7-5-14(24)12-13(15)4-6-17(16)18(21)8-9-19(21)26-20(25)22-23(2)3/h5,7,12,16-19,24H,4,6,8-11H2,1-3H3,(H,22,25)/t16?,17?,18?,19-,21-/m0/s1. The van der Waals surface area contributed by atoms with Gasteiger partial charge in [0.05, 0.1) is 0 Å². The monoisotopic (exact) mass is 358 g/mol. The van der Waals surface area contributed by atoms with Gasteiger partial charge in [-0.15, -0.1) is 0 Å². The second kappa shape index (κ2) is 6.45. The summed E-state index contributed by atoms with van der Waals surface area (Å²) < 4.78 is 5.83. The molecule has 1 aromatic rings. The van der Waals surface area contributed by atoms with Crippen LogP contribution in [0.5, 0.6) is 5.75 Å². The number of aryl methyl sites for hydroxylation is 1. The molecular weight excluding hydrogens is 328 g/mol. The summed E-state index contributed by atoms with van der Waals surface area (Å²) in [5, 5.41) is 11.4. The van der Waals surface area contributed by atoms with E-state index in [0.29, 0.717) is 23.5 Å². The molecule has 2 N–H and O–H groups in total. The number of hydrogen-bond donors (Lipinski definition) is 2. The third-order valence-corrected chi connectivity index (χ3v) is 7.19. The molecule has 0 bridgehead atoms. The van der Waals surface area contributed by atoms with Crippen LogP contribution in [0.15, 0.2) is 18.2 Å². The van der Waals surface area contributed by atoms with Gasteiger partial charge in [0, 0.05) is 19.5 Å². The van der Waals surface area contributed by atoms with Crippen LogP contribution >= 0.6 is 0 Å². The molecular formula is C21H30N2O3. The van der Waals surface area contributed by atoms with Crippen LogP contribution in [0.4, 0.5) is 4.79 Å².